The first-order valence-electron chi connectivity index (χ1n) is 7.39. The summed E-state index contributed by atoms with van der Waals surface area (Å²) >= 11 is 0. The van der Waals surface area contributed by atoms with E-state index in [9.17, 15) is 4.79 Å². The Morgan fingerprint density at radius 2 is 2.24 bits per heavy atom. The van der Waals surface area contributed by atoms with E-state index in [-0.39, 0.29) is 18.3 Å². The van der Waals surface area contributed by atoms with Crippen LogP contribution in [0.2, 0.25) is 0 Å². The molecule has 1 saturated heterocycles. The van der Waals surface area contributed by atoms with Gasteiger partial charge >= 0.3 is 0 Å². The van der Waals surface area contributed by atoms with Crippen molar-refractivity contribution < 1.29 is 9.53 Å². The maximum atomic E-state index is 11.9. The van der Waals surface area contributed by atoms with Crippen molar-refractivity contribution in [3.63, 3.8) is 0 Å². The van der Waals surface area contributed by atoms with Gasteiger partial charge < -0.3 is 15.4 Å². The molecule has 1 atom stereocenters. The number of carbonyl (C=O) groups excluding carboxylic acids is 1. The lowest BCUT2D eigenvalue weighted by atomic mass is 9.99. The molecule has 1 heterocycles. The number of rotatable bonds is 6. The molecule has 0 radical (unpaired) electrons. The molecular formula is C16H25ClN2O2. The van der Waals surface area contributed by atoms with Gasteiger partial charge in [-0.15, -0.1) is 12.4 Å². The number of halogens is 1. The van der Waals surface area contributed by atoms with Crippen molar-refractivity contribution in [2.45, 2.75) is 25.7 Å². The number of methoxy groups -OCH3 is 1. The zero-order valence-corrected chi connectivity index (χ0v) is 13.4. The molecule has 5 heteroatoms. The van der Waals surface area contributed by atoms with Gasteiger partial charge in [-0.3, -0.25) is 4.79 Å². The maximum Gasteiger partial charge on any atom is 0.220 e. The smallest absolute Gasteiger partial charge is 0.220 e. The highest BCUT2D eigenvalue weighted by Gasteiger charge is 2.14. The molecule has 1 amide bonds. The van der Waals surface area contributed by atoms with Crippen LogP contribution in [0.15, 0.2) is 24.3 Å². The number of aryl methyl sites for hydroxylation is 1. The minimum Gasteiger partial charge on any atom is -0.496 e. The highest BCUT2D eigenvalue weighted by Crippen LogP contribution is 2.18. The van der Waals surface area contributed by atoms with E-state index in [2.05, 4.69) is 10.6 Å². The van der Waals surface area contributed by atoms with Crippen molar-refractivity contribution in [1.82, 2.24) is 10.6 Å². The summed E-state index contributed by atoms with van der Waals surface area (Å²) in [6.07, 6.45) is 3.65. The summed E-state index contributed by atoms with van der Waals surface area (Å²) in [4.78, 5) is 11.9. The van der Waals surface area contributed by atoms with Crippen LogP contribution in [-0.2, 0) is 11.2 Å². The van der Waals surface area contributed by atoms with Crippen LogP contribution in [0.1, 0.15) is 24.8 Å². The molecule has 1 unspecified atom stereocenters. The van der Waals surface area contributed by atoms with Gasteiger partial charge in [-0.2, -0.15) is 0 Å². The minimum absolute atomic E-state index is 0. The number of benzene rings is 1. The molecule has 0 aromatic heterocycles. The van der Waals surface area contributed by atoms with Crippen LogP contribution < -0.4 is 15.4 Å². The van der Waals surface area contributed by atoms with E-state index in [1.54, 1.807) is 7.11 Å². The second-order valence-corrected chi connectivity index (χ2v) is 5.33. The third-order valence-electron chi connectivity index (χ3n) is 3.80. The van der Waals surface area contributed by atoms with Crippen molar-refractivity contribution in [3.05, 3.63) is 29.8 Å². The Labute approximate surface area is 133 Å². The highest BCUT2D eigenvalue weighted by molar-refractivity contribution is 5.85. The quantitative estimate of drug-likeness (QED) is 0.846. The number of hydrogen-bond donors (Lipinski definition) is 2. The molecule has 21 heavy (non-hydrogen) atoms. The number of carbonyl (C=O) groups is 1. The Morgan fingerprint density at radius 3 is 2.95 bits per heavy atom. The molecule has 2 N–H and O–H groups in total. The van der Waals surface area contributed by atoms with Gasteiger partial charge in [0.15, 0.2) is 0 Å². The zero-order valence-electron chi connectivity index (χ0n) is 12.6. The Kier molecular flexibility index (Phi) is 8.16. The Balaban J connectivity index is 0.00000220. The summed E-state index contributed by atoms with van der Waals surface area (Å²) in [5.41, 5.74) is 1.09. The van der Waals surface area contributed by atoms with Gasteiger partial charge in [-0.05, 0) is 49.9 Å². The minimum atomic E-state index is 0. The van der Waals surface area contributed by atoms with E-state index in [4.69, 9.17) is 4.74 Å². The maximum absolute atomic E-state index is 11.9. The predicted octanol–water partition coefficient (Wildman–Crippen LogP) is 2.17. The molecule has 118 valence electrons. The van der Waals surface area contributed by atoms with Gasteiger partial charge in [0.25, 0.3) is 0 Å². The Hall–Kier alpha value is -1.26. The standard InChI is InChI=1S/C16H24N2O2.ClH/c1-20-15-7-3-2-6-14(15)8-9-16(19)18-12-13-5-4-10-17-11-13;/h2-3,6-7,13,17H,4-5,8-12H2,1H3,(H,18,19);1H. The van der Waals surface area contributed by atoms with Crippen LogP contribution in [0.3, 0.4) is 0 Å². The second-order valence-electron chi connectivity index (χ2n) is 5.33. The largest absolute Gasteiger partial charge is 0.496 e. The van der Waals surface area contributed by atoms with Crippen LogP contribution in [0, 0.1) is 5.92 Å². The van der Waals surface area contributed by atoms with E-state index in [1.165, 1.54) is 12.8 Å². The van der Waals surface area contributed by atoms with Gasteiger partial charge in [-0.25, -0.2) is 0 Å². The van der Waals surface area contributed by atoms with Gasteiger partial charge in [0.1, 0.15) is 5.75 Å². The predicted molar refractivity (Wildman–Crippen MR) is 87.2 cm³/mol. The van der Waals surface area contributed by atoms with Crippen LogP contribution in [0.5, 0.6) is 5.75 Å². The van der Waals surface area contributed by atoms with Crippen LogP contribution >= 0.6 is 12.4 Å². The monoisotopic (exact) mass is 312 g/mol. The SMILES string of the molecule is COc1ccccc1CCC(=O)NCC1CCCNC1.Cl. The molecule has 4 nitrogen and oxygen atoms in total. The first kappa shape index (κ1) is 17.8. The van der Waals surface area contributed by atoms with Gasteiger partial charge in [-0.1, -0.05) is 18.2 Å². The molecule has 1 fully saturated rings. The average Bonchev–Trinajstić information content (AvgIpc) is 2.52. The summed E-state index contributed by atoms with van der Waals surface area (Å²) in [5.74, 6) is 1.57. The van der Waals surface area contributed by atoms with Crippen molar-refractivity contribution in [2.75, 3.05) is 26.7 Å². The van der Waals surface area contributed by atoms with Gasteiger partial charge in [0.2, 0.25) is 5.91 Å². The Morgan fingerprint density at radius 1 is 1.43 bits per heavy atom. The van der Waals surface area contributed by atoms with E-state index < -0.39 is 0 Å². The van der Waals surface area contributed by atoms with E-state index >= 15 is 0 Å². The van der Waals surface area contributed by atoms with Gasteiger partial charge in [0, 0.05) is 13.0 Å². The summed E-state index contributed by atoms with van der Waals surface area (Å²) in [6.45, 7) is 2.92. The molecule has 0 bridgehead atoms. The number of hydrogen-bond acceptors (Lipinski definition) is 3. The number of piperidine rings is 1. The molecule has 1 aliphatic rings. The fourth-order valence-electron chi connectivity index (χ4n) is 2.60. The summed E-state index contributed by atoms with van der Waals surface area (Å²) in [7, 11) is 1.66. The molecule has 1 aromatic rings. The molecule has 0 spiro atoms. The Bertz CT molecular complexity index is 434. The average molecular weight is 313 g/mol. The third-order valence-corrected chi connectivity index (χ3v) is 3.80. The lowest BCUT2D eigenvalue weighted by molar-refractivity contribution is -0.121. The normalized spacial score (nSPS) is 17.7. The summed E-state index contributed by atoms with van der Waals surface area (Å²) in [5, 5.41) is 6.40. The topological polar surface area (TPSA) is 50.4 Å². The molecule has 1 aromatic carbocycles. The zero-order chi connectivity index (χ0) is 14.2. The number of nitrogens with one attached hydrogen (secondary N) is 2. The van der Waals surface area contributed by atoms with Crippen LogP contribution in [0.4, 0.5) is 0 Å². The number of ether oxygens (including phenoxy) is 1. The molecule has 2 rings (SSSR count). The molecular weight excluding hydrogens is 288 g/mol. The van der Waals surface area contributed by atoms with Gasteiger partial charge in [0.05, 0.1) is 7.11 Å². The van der Waals surface area contributed by atoms with Crippen LogP contribution in [-0.4, -0.2) is 32.7 Å². The van der Waals surface area contributed by atoms with Crippen molar-refractivity contribution >= 4 is 18.3 Å². The summed E-state index contributed by atoms with van der Waals surface area (Å²) < 4.78 is 5.29. The third kappa shape index (κ3) is 5.94. The highest BCUT2D eigenvalue weighted by atomic mass is 35.5. The fourth-order valence-corrected chi connectivity index (χ4v) is 2.60. The van der Waals surface area contributed by atoms with Crippen molar-refractivity contribution in [3.8, 4) is 5.75 Å². The second kappa shape index (κ2) is 9.64. The molecule has 0 saturated carbocycles. The van der Waals surface area contributed by atoms with Crippen molar-refractivity contribution in [1.29, 1.82) is 0 Å². The first-order valence-corrected chi connectivity index (χ1v) is 7.39. The van der Waals surface area contributed by atoms with E-state index in [1.807, 2.05) is 24.3 Å². The van der Waals surface area contributed by atoms with Crippen LogP contribution in [0.25, 0.3) is 0 Å². The van der Waals surface area contributed by atoms with E-state index in [0.29, 0.717) is 12.3 Å². The van der Waals surface area contributed by atoms with Crippen molar-refractivity contribution in [2.24, 2.45) is 5.92 Å². The molecule has 1 aliphatic heterocycles. The summed E-state index contributed by atoms with van der Waals surface area (Å²) in [6, 6.07) is 7.86. The number of amides is 1. The fraction of sp³-hybridized carbons (Fsp3) is 0.562. The molecule has 0 aliphatic carbocycles. The number of para-hydroxylation sites is 1. The lowest BCUT2D eigenvalue weighted by Crippen LogP contribution is -2.38. The lowest BCUT2D eigenvalue weighted by Gasteiger charge is -2.22. The first-order chi connectivity index (χ1) is 9.79. The van der Waals surface area contributed by atoms with E-state index in [0.717, 1.165) is 37.4 Å².